The van der Waals surface area contributed by atoms with Gasteiger partial charge in [-0.05, 0) is 49.0 Å². The molecule has 1 spiro atoms. The Morgan fingerprint density at radius 3 is 2.80 bits per heavy atom. The fourth-order valence-corrected chi connectivity index (χ4v) is 3.93. The summed E-state index contributed by atoms with van der Waals surface area (Å²) in [4.78, 5) is 6.70. The maximum Gasteiger partial charge on any atom is 0.0508 e. The molecule has 3 heterocycles. The molecule has 0 radical (unpaired) electrons. The van der Waals surface area contributed by atoms with Gasteiger partial charge in [0.15, 0.2) is 0 Å². The minimum absolute atomic E-state index is 0.467. The van der Waals surface area contributed by atoms with E-state index in [4.69, 9.17) is 4.74 Å². The second-order valence-corrected chi connectivity index (χ2v) is 6.29. The van der Waals surface area contributed by atoms with E-state index in [0.29, 0.717) is 11.3 Å². The zero-order chi connectivity index (χ0) is 13.8. The van der Waals surface area contributed by atoms with Crippen LogP contribution in [0.2, 0.25) is 0 Å². The maximum atomic E-state index is 5.49. The largest absolute Gasteiger partial charge is 0.384 e. The second-order valence-electron chi connectivity index (χ2n) is 6.29. The fraction of sp³-hybridized carbons (Fsp3) is 0.688. The van der Waals surface area contributed by atoms with Crippen LogP contribution in [0.3, 0.4) is 0 Å². The zero-order valence-electron chi connectivity index (χ0n) is 12.3. The number of nitrogens with zero attached hydrogens (tertiary/aromatic N) is 2. The molecule has 1 atom stereocenters. The van der Waals surface area contributed by atoms with Gasteiger partial charge in [-0.15, -0.1) is 0 Å². The number of hydrogen-bond acceptors (Lipinski definition) is 4. The number of piperidine rings is 1. The van der Waals surface area contributed by atoms with Crippen molar-refractivity contribution in [1.82, 2.24) is 15.2 Å². The van der Waals surface area contributed by atoms with Gasteiger partial charge < -0.3 is 10.1 Å². The van der Waals surface area contributed by atoms with Crippen molar-refractivity contribution in [3.63, 3.8) is 0 Å². The second kappa shape index (κ2) is 6.20. The van der Waals surface area contributed by atoms with E-state index in [2.05, 4.69) is 27.3 Å². The molecule has 2 aliphatic rings. The molecule has 0 saturated carbocycles. The molecule has 20 heavy (non-hydrogen) atoms. The van der Waals surface area contributed by atoms with Crippen molar-refractivity contribution in [2.24, 2.45) is 11.3 Å². The number of likely N-dealkylation sites (tertiary alicyclic amines) is 1. The minimum Gasteiger partial charge on any atom is -0.384 e. The van der Waals surface area contributed by atoms with Crippen LogP contribution in [0, 0.1) is 11.3 Å². The highest BCUT2D eigenvalue weighted by Gasteiger charge is 2.46. The zero-order valence-corrected chi connectivity index (χ0v) is 12.3. The molecule has 2 saturated heterocycles. The molecule has 1 aromatic heterocycles. The Morgan fingerprint density at radius 2 is 2.10 bits per heavy atom. The Hall–Kier alpha value is -0.970. The van der Waals surface area contributed by atoms with Gasteiger partial charge in [-0.25, -0.2) is 0 Å². The minimum atomic E-state index is 0.467. The van der Waals surface area contributed by atoms with Crippen LogP contribution in [-0.2, 0) is 11.3 Å². The van der Waals surface area contributed by atoms with Crippen LogP contribution in [0.25, 0.3) is 0 Å². The number of rotatable bonds is 4. The third-order valence-electron chi connectivity index (χ3n) is 5.01. The van der Waals surface area contributed by atoms with Gasteiger partial charge >= 0.3 is 0 Å². The van der Waals surface area contributed by atoms with Crippen LogP contribution in [0.5, 0.6) is 0 Å². The molecular weight excluding hydrogens is 250 g/mol. The first-order valence-electron chi connectivity index (χ1n) is 7.63. The fourth-order valence-electron chi connectivity index (χ4n) is 3.93. The molecule has 110 valence electrons. The Morgan fingerprint density at radius 1 is 1.35 bits per heavy atom. The molecule has 2 fully saturated rings. The quantitative estimate of drug-likeness (QED) is 0.904. The van der Waals surface area contributed by atoms with Crippen molar-refractivity contribution in [2.75, 3.05) is 39.9 Å². The first kappa shape index (κ1) is 14.0. The van der Waals surface area contributed by atoms with Gasteiger partial charge in [-0.3, -0.25) is 9.88 Å². The normalized spacial score (nSPS) is 26.1. The molecule has 0 aliphatic carbocycles. The Balaban J connectivity index is 1.69. The predicted octanol–water partition coefficient (Wildman–Crippen LogP) is 1.53. The van der Waals surface area contributed by atoms with E-state index >= 15 is 0 Å². The van der Waals surface area contributed by atoms with E-state index < -0.39 is 0 Å². The average molecular weight is 275 g/mol. The summed E-state index contributed by atoms with van der Waals surface area (Å²) in [6.07, 6.45) is 6.35. The molecule has 1 aromatic rings. The standard InChI is InChI=1S/C16H25N3O/c1-20-12-15-11-19(10-14-2-6-17-7-3-14)13-16(15)4-8-18-9-5-16/h2-3,6-7,15,18H,4-5,8-13H2,1H3. The first-order valence-corrected chi connectivity index (χ1v) is 7.63. The van der Waals surface area contributed by atoms with Crippen LogP contribution >= 0.6 is 0 Å². The Labute approximate surface area is 121 Å². The smallest absolute Gasteiger partial charge is 0.0508 e. The van der Waals surface area contributed by atoms with Crippen LogP contribution in [-0.4, -0.2) is 49.8 Å². The van der Waals surface area contributed by atoms with Crippen molar-refractivity contribution in [3.05, 3.63) is 30.1 Å². The van der Waals surface area contributed by atoms with Gasteiger partial charge in [0, 0.05) is 45.1 Å². The van der Waals surface area contributed by atoms with Crippen LogP contribution in [0.1, 0.15) is 18.4 Å². The van der Waals surface area contributed by atoms with Crippen molar-refractivity contribution in [1.29, 1.82) is 0 Å². The van der Waals surface area contributed by atoms with Crippen molar-refractivity contribution < 1.29 is 4.74 Å². The highest BCUT2D eigenvalue weighted by atomic mass is 16.5. The maximum absolute atomic E-state index is 5.49. The van der Waals surface area contributed by atoms with Gasteiger partial charge in [0.2, 0.25) is 0 Å². The summed E-state index contributed by atoms with van der Waals surface area (Å²) in [7, 11) is 1.83. The highest BCUT2D eigenvalue weighted by molar-refractivity contribution is 5.11. The third-order valence-corrected chi connectivity index (χ3v) is 5.01. The lowest BCUT2D eigenvalue weighted by atomic mass is 9.71. The molecule has 2 aliphatic heterocycles. The summed E-state index contributed by atoms with van der Waals surface area (Å²) in [5, 5.41) is 3.50. The highest BCUT2D eigenvalue weighted by Crippen LogP contribution is 2.43. The van der Waals surface area contributed by atoms with Crippen LogP contribution < -0.4 is 5.32 Å². The molecule has 1 unspecified atom stereocenters. The van der Waals surface area contributed by atoms with Crippen molar-refractivity contribution >= 4 is 0 Å². The van der Waals surface area contributed by atoms with E-state index in [1.807, 2.05) is 19.5 Å². The van der Waals surface area contributed by atoms with Gasteiger partial charge in [0.05, 0.1) is 6.61 Å². The van der Waals surface area contributed by atoms with Crippen molar-refractivity contribution in [3.8, 4) is 0 Å². The summed E-state index contributed by atoms with van der Waals surface area (Å²) in [6.45, 7) is 6.62. The topological polar surface area (TPSA) is 37.4 Å². The number of nitrogens with one attached hydrogen (secondary N) is 1. The molecule has 0 aromatic carbocycles. The monoisotopic (exact) mass is 275 g/mol. The number of hydrogen-bond donors (Lipinski definition) is 1. The van der Waals surface area contributed by atoms with E-state index in [-0.39, 0.29) is 0 Å². The summed E-state index contributed by atoms with van der Waals surface area (Å²) >= 11 is 0. The van der Waals surface area contributed by atoms with Gasteiger partial charge in [0.25, 0.3) is 0 Å². The lowest BCUT2D eigenvalue weighted by Crippen LogP contribution is -2.43. The third kappa shape index (κ3) is 2.87. The molecular formula is C16H25N3O. The Kier molecular flexibility index (Phi) is 4.34. The molecule has 4 nitrogen and oxygen atoms in total. The number of pyridine rings is 1. The average Bonchev–Trinajstić information content (AvgIpc) is 2.78. The number of methoxy groups -OCH3 is 1. The number of aromatic nitrogens is 1. The molecule has 0 amide bonds. The van der Waals surface area contributed by atoms with Crippen LogP contribution in [0.15, 0.2) is 24.5 Å². The van der Waals surface area contributed by atoms with E-state index in [0.717, 1.165) is 32.8 Å². The summed E-state index contributed by atoms with van der Waals surface area (Å²) < 4.78 is 5.49. The summed E-state index contributed by atoms with van der Waals surface area (Å²) in [5.41, 5.74) is 1.83. The Bertz CT molecular complexity index is 417. The molecule has 1 N–H and O–H groups in total. The summed E-state index contributed by atoms with van der Waals surface area (Å²) in [5.74, 6) is 0.677. The SMILES string of the molecule is COCC1CN(Cc2ccncc2)CC12CCNCC2. The predicted molar refractivity (Wildman–Crippen MR) is 79.4 cm³/mol. The molecule has 4 heteroatoms. The van der Waals surface area contributed by atoms with Gasteiger partial charge in [-0.1, -0.05) is 0 Å². The lowest BCUT2D eigenvalue weighted by molar-refractivity contribution is 0.0716. The number of ether oxygens (including phenoxy) is 1. The van der Waals surface area contributed by atoms with E-state index in [1.165, 1.54) is 24.9 Å². The van der Waals surface area contributed by atoms with Gasteiger partial charge in [-0.2, -0.15) is 0 Å². The van der Waals surface area contributed by atoms with Gasteiger partial charge in [0.1, 0.15) is 0 Å². The van der Waals surface area contributed by atoms with Crippen molar-refractivity contribution in [2.45, 2.75) is 19.4 Å². The first-order chi connectivity index (χ1) is 9.82. The molecule has 3 rings (SSSR count). The van der Waals surface area contributed by atoms with E-state index in [1.54, 1.807) is 0 Å². The summed E-state index contributed by atoms with van der Waals surface area (Å²) in [6, 6.07) is 4.25. The van der Waals surface area contributed by atoms with Crippen LogP contribution in [0.4, 0.5) is 0 Å². The lowest BCUT2D eigenvalue weighted by Gasteiger charge is -2.38. The molecule has 0 bridgehead atoms. The van der Waals surface area contributed by atoms with E-state index in [9.17, 15) is 0 Å².